The first-order chi connectivity index (χ1) is 14.2. The van der Waals surface area contributed by atoms with E-state index in [9.17, 15) is 9.90 Å². The Morgan fingerprint density at radius 1 is 1.23 bits per heavy atom. The summed E-state index contributed by atoms with van der Waals surface area (Å²) < 4.78 is 24.1. The standard InChI is InChI=1S/C24H26O6/c1-11(2)15-8-13-19-17(9-14(25)22(13)27-5)28-18-10-16-12(6-7-24(3,4)30-16)21(26)20(18)23(19)29-15/h9-11,15,26H,6-8H2,1-5H3. The second kappa shape index (κ2) is 6.30. The third-order valence-corrected chi connectivity index (χ3v) is 6.30. The van der Waals surface area contributed by atoms with E-state index in [0.29, 0.717) is 52.4 Å². The Labute approximate surface area is 174 Å². The molecule has 0 fully saturated rings. The van der Waals surface area contributed by atoms with Gasteiger partial charge in [0.25, 0.3) is 0 Å². The van der Waals surface area contributed by atoms with E-state index in [1.54, 1.807) is 6.07 Å². The first-order valence-electron chi connectivity index (χ1n) is 10.4. The van der Waals surface area contributed by atoms with Gasteiger partial charge >= 0.3 is 0 Å². The zero-order valence-electron chi connectivity index (χ0n) is 17.9. The number of fused-ring (bicyclic) bond motifs is 3. The van der Waals surface area contributed by atoms with Gasteiger partial charge in [-0.05, 0) is 32.6 Å². The van der Waals surface area contributed by atoms with Crippen molar-refractivity contribution >= 4 is 11.0 Å². The highest BCUT2D eigenvalue weighted by Gasteiger charge is 2.37. The number of phenols is 1. The summed E-state index contributed by atoms with van der Waals surface area (Å²) in [5, 5.41) is 11.8. The number of hydrogen-bond acceptors (Lipinski definition) is 6. The Balaban J connectivity index is 1.89. The van der Waals surface area contributed by atoms with Crippen molar-refractivity contribution in [3.63, 3.8) is 0 Å². The van der Waals surface area contributed by atoms with E-state index in [0.717, 1.165) is 17.5 Å². The molecular weight excluding hydrogens is 384 g/mol. The van der Waals surface area contributed by atoms with Crippen LogP contribution in [0.4, 0.5) is 0 Å². The Morgan fingerprint density at radius 2 is 2.00 bits per heavy atom. The van der Waals surface area contributed by atoms with Gasteiger partial charge in [-0.3, -0.25) is 4.79 Å². The lowest BCUT2D eigenvalue weighted by Crippen LogP contribution is -2.33. The Morgan fingerprint density at radius 3 is 2.70 bits per heavy atom. The summed E-state index contributed by atoms with van der Waals surface area (Å²) in [5.41, 5.74) is 2.13. The van der Waals surface area contributed by atoms with Crippen LogP contribution in [-0.2, 0) is 12.8 Å². The molecule has 6 heteroatoms. The van der Waals surface area contributed by atoms with Gasteiger partial charge in [-0.15, -0.1) is 0 Å². The van der Waals surface area contributed by atoms with E-state index in [1.807, 2.05) is 13.8 Å². The van der Waals surface area contributed by atoms with Crippen molar-refractivity contribution in [2.75, 3.05) is 7.11 Å². The number of methoxy groups -OCH3 is 1. The van der Waals surface area contributed by atoms with Gasteiger partial charge in [-0.1, -0.05) is 13.8 Å². The molecule has 1 aromatic rings. The SMILES string of the molecule is COc1c2c3c(c4c(O)c5c(cc4oc-3cc1=O)OC(C)(C)CC5)OC(C(C)C)C2. The molecule has 158 valence electrons. The summed E-state index contributed by atoms with van der Waals surface area (Å²) in [5.74, 6) is 2.24. The molecule has 3 heterocycles. The maximum absolute atomic E-state index is 12.7. The van der Waals surface area contributed by atoms with Crippen LogP contribution in [0.25, 0.3) is 22.3 Å². The van der Waals surface area contributed by atoms with Gasteiger partial charge in [0.05, 0.1) is 12.7 Å². The van der Waals surface area contributed by atoms with Crippen LogP contribution in [0, 0.1) is 5.92 Å². The maximum atomic E-state index is 12.7. The van der Waals surface area contributed by atoms with Crippen LogP contribution in [0.5, 0.6) is 23.0 Å². The van der Waals surface area contributed by atoms with Gasteiger partial charge in [0.2, 0.25) is 5.43 Å². The van der Waals surface area contributed by atoms with Gasteiger partial charge in [-0.25, -0.2) is 0 Å². The van der Waals surface area contributed by atoms with Crippen LogP contribution in [-0.4, -0.2) is 23.9 Å². The first-order valence-corrected chi connectivity index (χ1v) is 10.4. The average molecular weight is 410 g/mol. The van der Waals surface area contributed by atoms with E-state index in [1.165, 1.54) is 13.2 Å². The molecule has 1 N–H and O–H groups in total. The zero-order chi connectivity index (χ0) is 21.4. The molecule has 0 radical (unpaired) electrons. The molecular formula is C24H26O6. The minimum absolute atomic E-state index is 0.124. The fourth-order valence-electron chi connectivity index (χ4n) is 4.61. The van der Waals surface area contributed by atoms with Crippen LogP contribution in [0.2, 0.25) is 0 Å². The Bertz CT molecular complexity index is 1200. The van der Waals surface area contributed by atoms with Crippen LogP contribution in [0.3, 0.4) is 0 Å². The molecule has 0 saturated heterocycles. The number of hydrogen-bond donors (Lipinski definition) is 1. The van der Waals surface area contributed by atoms with Gasteiger partial charge < -0.3 is 23.7 Å². The maximum Gasteiger partial charge on any atom is 0.224 e. The quantitative estimate of drug-likeness (QED) is 0.619. The van der Waals surface area contributed by atoms with E-state index in [2.05, 4.69) is 13.8 Å². The molecule has 1 atom stereocenters. The monoisotopic (exact) mass is 410 g/mol. The van der Waals surface area contributed by atoms with Crippen molar-refractivity contribution < 1.29 is 23.7 Å². The second-order valence-electron chi connectivity index (χ2n) is 9.23. The van der Waals surface area contributed by atoms with Crippen molar-refractivity contribution in [1.82, 2.24) is 0 Å². The largest absolute Gasteiger partial charge is 0.507 e. The average Bonchev–Trinajstić information content (AvgIpc) is 2.66. The number of aromatic hydroxyl groups is 1. The lowest BCUT2D eigenvalue weighted by Gasteiger charge is -2.35. The first kappa shape index (κ1) is 19.1. The minimum Gasteiger partial charge on any atom is -0.507 e. The summed E-state index contributed by atoms with van der Waals surface area (Å²) in [7, 11) is 1.50. The highest BCUT2D eigenvalue weighted by molar-refractivity contribution is 5.99. The molecule has 3 aliphatic heterocycles. The Kier molecular flexibility index (Phi) is 4.01. The molecule has 0 bridgehead atoms. The summed E-state index contributed by atoms with van der Waals surface area (Å²) in [6.07, 6.45) is 1.90. The van der Waals surface area contributed by atoms with E-state index in [4.69, 9.17) is 18.6 Å². The van der Waals surface area contributed by atoms with Crippen molar-refractivity contribution in [3.05, 3.63) is 33.5 Å². The van der Waals surface area contributed by atoms with Gasteiger partial charge in [0.15, 0.2) is 5.75 Å². The number of benzene rings is 2. The predicted molar refractivity (Wildman–Crippen MR) is 113 cm³/mol. The van der Waals surface area contributed by atoms with Gasteiger partial charge in [-0.2, -0.15) is 0 Å². The van der Waals surface area contributed by atoms with E-state index >= 15 is 0 Å². The van der Waals surface area contributed by atoms with Crippen molar-refractivity contribution in [3.8, 4) is 34.3 Å². The Hall–Kier alpha value is -2.89. The van der Waals surface area contributed by atoms with Crippen LogP contribution in [0.15, 0.2) is 21.3 Å². The molecule has 6 nitrogen and oxygen atoms in total. The molecule has 1 unspecified atom stereocenters. The molecule has 0 spiro atoms. The van der Waals surface area contributed by atoms with Crippen molar-refractivity contribution in [2.24, 2.45) is 5.92 Å². The number of phenolic OH excluding ortho intramolecular Hbond substituents is 1. The summed E-state index contributed by atoms with van der Waals surface area (Å²) in [4.78, 5) is 12.7. The van der Waals surface area contributed by atoms with Crippen molar-refractivity contribution in [1.29, 1.82) is 0 Å². The molecule has 5 rings (SSSR count). The fourth-order valence-corrected chi connectivity index (χ4v) is 4.61. The number of ether oxygens (including phenoxy) is 3. The minimum atomic E-state index is -0.319. The normalized spacial score (nSPS) is 19.5. The molecule has 4 aliphatic rings. The van der Waals surface area contributed by atoms with E-state index in [-0.39, 0.29) is 28.8 Å². The summed E-state index contributed by atoms with van der Waals surface area (Å²) in [6.45, 7) is 8.20. The molecule has 0 saturated carbocycles. The zero-order valence-corrected chi connectivity index (χ0v) is 17.9. The predicted octanol–water partition coefficient (Wildman–Crippen LogP) is 4.68. The highest BCUT2D eigenvalue weighted by Crippen LogP contribution is 2.53. The molecule has 0 amide bonds. The smallest absolute Gasteiger partial charge is 0.224 e. The van der Waals surface area contributed by atoms with Crippen LogP contribution in [0.1, 0.15) is 45.2 Å². The number of rotatable bonds is 2. The van der Waals surface area contributed by atoms with Crippen molar-refractivity contribution in [2.45, 2.75) is 58.7 Å². The second-order valence-corrected chi connectivity index (χ2v) is 9.23. The molecule has 1 aliphatic carbocycles. The lowest BCUT2D eigenvalue weighted by molar-refractivity contribution is 0.0839. The highest BCUT2D eigenvalue weighted by atomic mass is 16.5. The van der Waals surface area contributed by atoms with E-state index < -0.39 is 0 Å². The van der Waals surface area contributed by atoms with Gasteiger partial charge in [0, 0.05) is 29.7 Å². The van der Waals surface area contributed by atoms with Crippen LogP contribution >= 0.6 is 0 Å². The lowest BCUT2D eigenvalue weighted by atomic mass is 9.87. The topological polar surface area (TPSA) is 78.1 Å². The van der Waals surface area contributed by atoms with Gasteiger partial charge in [0.1, 0.15) is 45.7 Å². The fraction of sp³-hybridized carbons (Fsp3) is 0.458. The summed E-state index contributed by atoms with van der Waals surface area (Å²) >= 11 is 0. The summed E-state index contributed by atoms with van der Waals surface area (Å²) in [6, 6.07) is 3.24. The third-order valence-electron chi connectivity index (χ3n) is 6.30. The van der Waals surface area contributed by atoms with Crippen LogP contribution < -0.4 is 19.6 Å². The molecule has 30 heavy (non-hydrogen) atoms. The molecule has 0 aromatic heterocycles. The third kappa shape index (κ3) is 2.66. The molecule has 1 aromatic carbocycles.